The van der Waals surface area contributed by atoms with Crippen molar-refractivity contribution < 1.29 is 19.8 Å². The molecule has 1 rings (SSSR count). The number of carbonyl (C=O) groups excluding carboxylic acids is 1. The van der Waals surface area contributed by atoms with Gasteiger partial charge < -0.3 is 19.7 Å². The molecule has 6 nitrogen and oxygen atoms in total. The Labute approximate surface area is 105 Å². The lowest BCUT2D eigenvalue weighted by molar-refractivity contribution is -0.131. The lowest BCUT2D eigenvalue weighted by atomic mass is 10.3. The van der Waals surface area contributed by atoms with Crippen molar-refractivity contribution in [1.29, 1.82) is 0 Å². The first-order valence-electron chi connectivity index (χ1n) is 5.87. The van der Waals surface area contributed by atoms with Crippen LogP contribution in [0.1, 0.15) is 23.8 Å². The molecule has 0 fully saturated rings. The molecular formula is C12H18N2O4. The lowest BCUT2D eigenvalue weighted by Gasteiger charge is -2.21. The Morgan fingerprint density at radius 2 is 2.17 bits per heavy atom. The topological polar surface area (TPSA) is 82.8 Å². The minimum absolute atomic E-state index is 0.00784. The molecule has 1 amide bonds. The Kier molecular flexibility index (Phi) is 5.38. The summed E-state index contributed by atoms with van der Waals surface area (Å²) in [6, 6.07) is 3.06. The molecule has 0 saturated carbocycles. The van der Waals surface area contributed by atoms with E-state index in [2.05, 4.69) is 0 Å². The van der Waals surface area contributed by atoms with Gasteiger partial charge in [0.15, 0.2) is 0 Å². The average molecular weight is 254 g/mol. The fraction of sp³-hybridized carbons (Fsp3) is 0.500. The van der Waals surface area contributed by atoms with Gasteiger partial charge in [0.25, 0.3) is 0 Å². The Balaban J connectivity index is 2.67. The van der Waals surface area contributed by atoms with E-state index in [0.717, 1.165) is 0 Å². The fourth-order valence-electron chi connectivity index (χ4n) is 1.71. The molecule has 0 spiro atoms. The van der Waals surface area contributed by atoms with Gasteiger partial charge in [-0.25, -0.2) is 4.79 Å². The van der Waals surface area contributed by atoms with Crippen LogP contribution in [0, 0.1) is 0 Å². The van der Waals surface area contributed by atoms with Crippen LogP contribution in [-0.4, -0.2) is 51.3 Å². The van der Waals surface area contributed by atoms with Gasteiger partial charge in [0.1, 0.15) is 12.2 Å². The number of hydrogen-bond acceptors (Lipinski definition) is 3. The van der Waals surface area contributed by atoms with Gasteiger partial charge in [0, 0.05) is 25.9 Å². The number of aromatic carboxylic acids is 1. The number of amides is 1. The molecule has 0 aliphatic carbocycles. The van der Waals surface area contributed by atoms with Crippen LogP contribution in [0.15, 0.2) is 18.3 Å². The number of carboxylic acids is 1. The maximum atomic E-state index is 12.0. The molecule has 18 heavy (non-hydrogen) atoms. The summed E-state index contributed by atoms with van der Waals surface area (Å²) in [5, 5.41) is 17.7. The number of aliphatic hydroxyl groups excluding tert-OH is 1. The molecular weight excluding hydrogens is 236 g/mol. The number of aliphatic hydroxyl groups is 1. The quantitative estimate of drug-likeness (QED) is 0.738. The SMILES string of the molecule is CCN(CCCO)C(=O)Cn1cccc1C(=O)O. The van der Waals surface area contributed by atoms with E-state index < -0.39 is 5.97 Å². The zero-order chi connectivity index (χ0) is 13.5. The van der Waals surface area contributed by atoms with Gasteiger partial charge in [-0.3, -0.25) is 4.79 Å². The summed E-state index contributed by atoms with van der Waals surface area (Å²) in [4.78, 5) is 24.4. The van der Waals surface area contributed by atoms with Gasteiger partial charge >= 0.3 is 5.97 Å². The highest BCUT2D eigenvalue weighted by molar-refractivity contribution is 5.86. The van der Waals surface area contributed by atoms with Crippen LogP contribution in [0.3, 0.4) is 0 Å². The molecule has 0 aromatic carbocycles. The second-order valence-electron chi connectivity index (χ2n) is 3.88. The molecule has 0 aliphatic rings. The monoisotopic (exact) mass is 254 g/mol. The molecule has 6 heteroatoms. The standard InChI is InChI=1S/C12H18N2O4/c1-2-13(7-4-8-15)11(16)9-14-6-3-5-10(14)12(17)18/h3,5-6,15H,2,4,7-9H2,1H3,(H,17,18). The van der Waals surface area contributed by atoms with Crippen molar-refractivity contribution in [2.75, 3.05) is 19.7 Å². The number of carbonyl (C=O) groups is 2. The number of carboxylic acid groups (broad SMARTS) is 1. The van der Waals surface area contributed by atoms with Crippen molar-refractivity contribution in [2.24, 2.45) is 0 Å². The number of hydrogen-bond donors (Lipinski definition) is 2. The summed E-state index contributed by atoms with van der Waals surface area (Å²) in [5.41, 5.74) is 0.0987. The smallest absolute Gasteiger partial charge is 0.352 e. The third-order valence-electron chi connectivity index (χ3n) is 2.67. The van der Waals surface area contributed by atoms with E-state index in [9.17, 15) is 9.59 Å². The highest BCUT2D eigenvalue weighted by Crippen LogP contribution is 2.04. The first-order chi connectivity index (χ1) is 8.60. The molecule has 0 radical (unpaired) electrons. The molecule has 100 valence electrons. The number of aromatic nitrogens is 1. The number of nitrogens with zero attached hydrogens (tertiary/aromatic N) is 2. The first kappa shape index (κ1) is 14.2. The summed E-state index contributed by atoms with van der Waals surface area (Å²) in [5.74, 6) is -1.20. The number of likely N-dealkylation sites (N-methyl/N-ethyl adjacent to an activating group) is 1. The van der Waals surface area contributed by atoms with Crippen molar-refractivity contribution in [3.05, 3.63) is 24.0 Å². The first-order valence-corrected chi connectivity index (χ1v) is 5.87. The van der Waals surface area contributed by atoms with E-state index in [1.165, 1.54) is 10.6 Å². The van der Waals surface area contributed by atoms with Crippen molar-refractivity contribution in [1.82, 2.24) is 9.47 Å². The zero-order valence-corrected chi connectivity index (χ0v) is 10.4. The van der Waals surface area contributed by atoms with Crippen LogP contribution < -0.4 is 0 Å². The predicted molar refractivity (Wildman–Crippen MR) is 65.3 cm³/mol. The summed E-state index contributed by atoms with van der Waals surface area (Å²) >= 11 is 0. The number of rotatable bonds is 7. The van der Waals surface area contributed by atoms with E-state index in [0.29, 0.717) is 19.5 Å². The average Bonchev–Trinajstić information content (AvgIpc) is 2.78. The summed E-state index contributed by atoms with van der Waals surface area (Å²) in [6.07, 6.45) is 2.10. The van der Waals surface area contributed by atoms with Gasteiger partial charge in [0.05, 0.1) is 0 Å². The van der Waals surface area contributed by atoms with Gasteiger partial charge in [-0.2, -0.15) is 0 Å². The van der Waals surface area contributed by atoms with Crippen LogP contribution in [-0.2, 0) is 11.3 Å². The predicted octanol–water partition coefficient (Wildman–Crippen LogP) is 0.417. The van der Waals surface area contributed by atoms with E-state index in [-0.39, 0.29) is 24.8 Å². The second-order valence-corrected chi connectivity index (χ2v) is 3.88. The molecule has 0 aliphatic heterocycles. The van der Waals surface area contributed by atoms with Crippen molar-refractivity contribution >= 4 is 11.9 Å². The molecule has 0 saturated heterocycles. The third kappa shape index (κ3) is 3.59. The van der Waals surface area contributed by atoms with E-state index in [1.807, 2.05) is 6.92 Å². The fourth-order valence-corrected chi connectivity index (χ4v) is 1.71. The molecule has 1 aromatic rings. The van der Waals surface area contributed by atoms with Crippen molar-refractivity contribution in [3.63, 3.8) is 0 Å². The minimum atomic E-state index is -1.05. The van der Waals surface area contributed by atoms with Gasteiger partial charge in [-0.05, 0) is 25.5 Å². The Bertz CT molecular complexity index is 414. The van der Waals surface area contributed by atoms with E-state index >= 15 is 0 Å². The molecule has 1 aromatic heterocycles. The Morgan fingerprint density at radius 1 is 1.44 bits per heavy atom. The van der Waals surface area contributed by atoms with Crippen LogP contribution in [0.5, 0.6) is 0 Å². The third-order valence-corrected chi connectivity index (χ3v) is 2.67. The largest absolute Gasteiger partial charge is 0.477 e. The zero-order valence-electron chi connectivity index (χ0n) is 10.4. The highest BCUT2D eigenvalue weighted by Gasteiger charge is 2.15. The normalized spacial score (nSPS) is 10.3. The van der Waals surface area contributed by atoms with Crippen LogP contribution in [0.4, 0.5) is 0 Å². The maximum absolute atomic E-state index is 12.0. The van der Waals surface area contributed by atoms with E-state index in [4.69, 9.17) is 10.2 Å². The molecule has 0 atom stereocenters. The lowest BCUT2D eigenvalue weighted by Crippen LogP contribution is -2.35. The highest BCUT2D eigenvalue weighted by atomic mass is 16.4. The summed E-state index contributed by atoms with van der Waals surface area (Å²) < 4.78 is 1.41. The summed E-state index contributed by atoms with van der Waals surface area (Å²) in [6.45, 7) is 2.92. The van der Waals surface area contributed by atoms with E-state index in [1.54, 1.807) is 17.2 Å². The Morgan fingerprint density at radius 3 is 2.72 bits per heavy atom. The van der Waals surface area contributed by atoms with Gasteiger partial charge in [0.2, 0.25) is 5.91 Å². The molecule has 2 N–H and O–H groups in total. The maximum Gasteiger partial charge on any atom is 0.352 e. The van der Waals surface area contributed by atoms with Gasteiger partial charge in [-0.15, -0.1) is 0 Å². The van der Waals surface area contributed by atoms with Gasteiger partial charge in [-0.1, -0.05) is 0 Å². The molecule has 0 bridgehead atoms. The summed E-state index contributed by atoms with van der Waals surface area (Å²) in [7, 11) is 0. The van der Waals surface area contributed by atoms with Crippen LogP contribution in [0.25, 0.3) is 0 Å². The van der Waals surface area contributed by atoms with Crippen LogP contribution in [0.2, 0.25) is 0 Å². The second kappa shape index (κ2) is 6.80. The molecule has 0 unspecified atom stereocenters. The Hall–Kier alpha value is -1.82. The van der Waals surface area contributed by atoms with Crippen molar-refractivity contribution in [2.45, 2.75) is 19.9 Å². The minimum Gasteiger partial charge on any atom is -0.477 e. The van der Waals surface area contributed by atoms with Crippen molar-refractivity contribution in [3.8, 4) is 0 Å². The van der Waals surface area contributed by atoms with Crippen LogP contribution >= 0.6 is 0 Å². The molecule has 1 heterocycles.